The molecule has 94 valence electrons. The summed E-state index contributed by atoms with van der Waals surface area (Å²) in [5.74, 6) is 0.878. The molecule has 1 saturated heterocycles. The highest BCUT2D eigenvalue weighted by Crippen LogP contribution is 2.27. The van der Waals surface area contributed by atoms with Crippen LogP contribution in [0.3, 0.4) is 0 Å². The van der Waals surface area contributed by atoms with E-state index >= 15 is 0 Å². The molecule has 2 aliphatic rings. The fourth-order valence-electron chi connectivity index (χ4n) is 3.46. The minimum atomic E-state index is 0.754. The maximum Gasteiger partial charge on any atom is 0.0198 e. The Morgan fingerprint density at radius 1 is 1.19 bits per heavy atom. The van der Waals surface area contributed by atoms with Gasteiger partial charge in [-0.3, -0.25) is 4.90 Å². The van der Waals surface area contributed by atoms with Crippen molar-refractivity contribution in [1.82, 2.24) is 10.2 Å². The van der Waals surface area contributed by atoms with E-state index in [0.717, 1.165) is 18.0 Å². The van der Waals surface area contributed by atoms with Gasteiger partial charge in [0.25, 0.3) is 0 Å². The van der Waals surface area contributed by atoms with Crippen LogP contribution in [0, 0.1) is 5.92 Å². The zero-order valence-electron chi connectivity index (χ0n) is 11.0. The molecular formula is C14H28N2. The number of hydrogen-bond donors (Lipinski definition) is 1. The Morgan fingerprint density at radius 3 is 2.62 bits per heavy atom. The Hall–Kier alpha value is -0.0800. The van der Waals surface area contributed by atoms with E-state index in [9.17, 15) is 0 Å². The van der Waals surface area contributed by atoms with Crippen molar-refractivity contribution in [3.8, 4) is 0 Å². The van der Waals surface area contributed by atoms with E-state index in [1.807, 2.05) is 0 Å². The van der Waals surface area contributed by atoms with Crippen molar-refractivity contribution in [3.63, 3.8) is 0 Å². The number of likely N-dealkylation sites (tertiary alicyclic amines) is 1. The molecule has 0 amide bonds. The standard InChI is InChI=1S/C14H28N2/c1-3-8-15-13-9-12(2)10-16(11-13)14-6-4-5-7-14/h12-15H,3-11H2,1-2H3. The molecule has 0 spiro atoms. The molecule has 2 rings (SSSR count). The molecule has 0 bridgehead atoms. The third-order valence-electron chi connectivity index (χ3n) is 4.21. The zero-order valence-corrected chi connectivity index (χ0v) is 11.0. The number of hydrogen-bond acceptors (Lipinski definition) is 2. The van der Waals surface area contributed by atoms with Gasteiger partial charge in [-0.2, -0.15) is 0 Å². The molecule has 2 heteroatoms. The lowest BCUT2D eigenvalue weighted by atomic mass is 9.94. The number of nitrogens with one attached hydrogen (secondary N) is 1. The van der Waals surface area contributed by atoms with Gasteiger partial charge in [-0.05, 0) is 38.1 Å². The Morgan fingerprint density at radius 2 is 1.94 bits per heavy atom. The largest absolute Gasteiger partial charge is 0.313 e. The molecule has 0 aromatic heterocycles. The molecule has 2 nitrogen and oxygen atoms in total. The van der Waals surface area contributed by atoms with Gasteiger partial charge in [0.1, 0.15) is 0 Å². The van der Waals surface area contributed by atoms with Gasteiger partial charge in [0.05, 0.1) is 0 Å². The van der Waals surface area contributed by atoms with Gasteiger partial charge in [0, 0.05) is 25.2 Å². The first-order valence-electron chi connectivity index (χ1n) is 7.27. The molecule has 2 fully saturated rings. The summed E-state index contributed by atoms with van der Waals surface area (Å²) in [7, 11) is 0. The second kappa shape index (κ2) is 6.02. The van der Waals surface area contributed by atoms with Crippen LogP contribution in [0.5, 0.6) is 0 Å². The van der Waals surface area contributed by atoms with Gasteiger partial charge in [-0.1, -0.05) is 26.7 Å². The smallest absolute Gasteiger partial charge is 0.0198 e. The van der Waals surface area contributed by atoms with E-state index in [4.69, 9.17) is 0 Å². The van der Waals surface area contributed by atoms with Crippen molar-refractivity contribution in [1.29, 1.82) is 0 Å². The molecule has 1 aliphatic carbocycles. The van der Waals surface area contributed by atoms with Crippen LogP contribution < -0.4 is 5.32 Å². The zero-order chi connectivity index (χ0) is 11.4. The van der Waals surface area contributed by atoms with E-state index in [-0.39, 0.29) is 0 Å². The van der Waals surface area contributed by atoms with Crippen LogP contribution in [0.15, 0.2) is 0 Å². The summed E-state index contributed by atoms with van der Waals surface area (Å²) in [6, 6.07) is 1.66. The lowest BCUT2D eigenvalue weighted by molar-refractivity contribution is 0.106. The molecule has 1 saturated carbocycles. The fraction of sp³-hybridized carbons (Fsp3) is 1.00. The predicted molar refractivity (Wildman–Crippen MR) is 69.7 cm³/mol. The molecule has 1 aliphatic heterocycles. The quantitative estimate of drug-likeness (QED) is 0.790. The van der Waals surface area contributed by atoms with Crippen molar-refractivity contribution in [2.24, 2.45) is 5.92 Å². The van der Waals surface area contributed by atoms with E-state index in [0.29, 0.717) is 0 Å². The minimum absolute atomic E-state index is 0.754. The van der Waals surface area contributed by atoms with Crippen molar-refractivity contribution >= 4 is 0 Å². The Bertz CT molecular complexity index is 199. The highest BCUT2D eigenvalue weighted by molar-refractivity contribution is 4.87. The minimum Gasteiger partial charge on any atom is -0.313 e. The summed E-state index contributed by atoms with van der Waals surface area (Å²) in [5, 5.41) is 3.71. The maximum atomic E-state index is 3.71. The summed E-state index contributed by atoms with van der Waals surface area (Å²) in [6.45, 7) is 8.51. The topological polar surface area (TPSA) is 15.3 Å². The third-order valence-corrected chi connectivity index (χ3v) is 4.21. The second-order valence-electron chi connectivity index (χ2n) is 5.88. The number of nitrogens with zero attached hydrogens (tertiary/aromatic N) is 1. The predicted octanol–water partition coefficient (Wildman–Crippen LogP) is 2.64. The molecule has 1 N–H and O–H groups in total. The van der Waals surface area contributed by atoms with E-state index in [2.05, 4.69) is 24.1 Å². The van der Waals surface area contributed by atoms with Gasteiger partial charge < -0.3 is 5.32 Å². The molecule has 16 heavy (non-hydrogen) atoms. The van der Waals surface area contributed by atoms with Crippen LogP contribution >= 0.6 is 0 Å². The van der Waals surface area contributed by atoms with Crippen molar-refractivity contribution < 1.29 is 0 Å². The second-order valence-corrected chi connectivity index (χ2v) is 5.88. The van der Waals surface area contributed by atoms with Crippen LogP contribution in [0.2, 0.25) is 0 Å². The summed E-state index contributed by atoms with van der Waals surface area (Å²) in [4.78, 5) is 2.77. The molecule has 0 aromatic carbocycles. The van der Waals surface area contributed by atoms with Crippen molar-refractivity contribution in [2.75, 3.05) is 19.6 Å². The van der Waals surface area contributed by atoms with E-state index in [1.165, 1.54) is 58.2 Å². The van der Waals surface area contributed by atoms with Crippen molar-refractivity contribution in [3.05, 3.63) is 0 Å². The summed E-state index contributed by atoms with van der Waals surface area (Å²) in [5.41, 5.74) is 0. The first kappa shape index (κ1) is 12.4. The molecular weight excluding hydrogens is 196 g/mol. The average molecular weight is 224 g/mol. The highest BCUT2D eigenvalue weighted by Gasteiger charge is 2.30. The van der Waals surface area contributed by atoms with Gasteiger partial charge in [-0.25, -0.2) is 0 Å². The van der Waals surface area contributed by atoms with Crippen molar-refractivity contribution in [2.45, 2.75) is 64.5 Å². The lowest BCUT2D eigenvalue weighted by Gasteiger charge is -2.40. The highest BCUT2D eigenvalue weighted by atomic mass is 15.2. The van der Waals surface area contributed by atoms with Crippen LogP contribution in [0.1, 0.15) is 52.4 Å². The lowest BCUT2D eigenvalue weighted by Crippen LogP contribution is -2.51. The number of piperidine rings is 1. The maximum absolute atomic E-state index is 3.71. The first-order valence-corrected chi connectivity index (χ1v) is 7.27. The van der Waals surface area contributed by atoms with Gasteiger partial charge in [0.15, 0.2) is 0 Å². The first-order chi connectivity index (χ1) is 7.79. The van der Waals surface area contributed by atoms with Crippen LogP contribution in [0.4, 0.5) is 0 Å². The summed E-state index contributed by atoms with van der Waals surface area (Å²) >= 11 is 0. The Balaban J connectivity index is 1.83. The van der Waals surface area contributed by atoms with E-state index in [1.54, 1.807) is 0 Å². The number of rotatable bonds is 4. The van der Waals surface area contributed by atoms with Gasteiger partial charge in [-0.15, -0.1) is 0 Å². The average Bonchev–Trinajstić information content (AvgIpc) is 2.79. The third kappa shape index (κ3) is 3.21. The van der Waals surface area contributed by atoms with Gasteiger partial charge in [0.2, 0.25) is 0 Å². The molecule has 0 radical (unpaired) electrons. The summed E-state index contributed by atoms with van der Waals surface area (Å²) in [6.07, 6.45) is 8.46. The Kier molecular flexibility index (Phi) is 4.66. The van der Waals surface area contributed by atoms with Crippen LogP contribution in [0.25, 0.3) is 0 Å². The fourth-order valence-corrected chi connectivity index (χ4v) is 3.46. The van der Waals surface area contributed by atoms with Gasteiger partial charge >= 0.3 is 0 Å². The normalized spacial score (nSPS) is 33.4. The Labute approximate surface area is 101 Å². The molecule has 1 heterocycles. The monoisotopic (exact) mass is 224 g/mol. The molecule has 2 unspecified atom stereocenters. The van der Waals surface area contributed by atoms with Crippen LogP contribution in [-0.4, -0.2) is 36.6 Å². The summed E-state index contributed by atoms with van der Waals surface area (Å²) < 4.78 is 0. The SMILES string of the molecule is CCCNC1CC(C)CN(C2CCCC2)C1. The van der Waals surface area contributed by atoms with Crippen LogP contribution in [-0.2, 0) is 0 Å². The van der Waals surface area contributed by atoms with E-state index < -0.39 is 0 Å². The molecule has 0 aromatic rings. The molecule has 2 atom stereocenters.